The van der Waals surface area contributed by atoms with Crippen LogP contribution in [0.5, 0.6) is 11.5 Å². The van der Waals surface area contributed by atoms with E-state index in [0.717, 1.165) is 53.3 Å². The minimum Gasteiger partial charge on any atom is -0.489 e. The summed E-state index contributed by atoms with van der Waals surface area (Å²) in [5, 5.41) is 1.21. The minimum absolute atomic E-state index is 0.661. The van der Waals surface area contributed by atoms with Gasteiger partial charge in [-0.1, -0.05) is 29.5 Å². The van der Waals surface area contributed by atoms with E-state index in [0.29, 0.717) is 13.2 Å². The summed E-state index contributed by atoms with van der Waals surface area (Å²) in [5.74, 6) is 5.54. The van der Waals surface area contributed by atoms with Crippen LogP contribution >= 0.6 is 34.9 Å². The Kier molecular flexibility index (Phi) is 8.58. The summed E-state index contributed by atoms with van der Waals surface area (Å²) >= 11 is 5.52. The highest BCUT2D eigenvalue weighted by atomic mass is 32.2. The Morgan fingerprint density at radius 2 is 1.52 bits per heavy atom. The standard InChI is InChI=1S/C24H28NO3S3/c1-25-20-4-2-3-5-23(20)31-24(25)9-7-19-6-8-21-22(18-19)28-13-17-30-15-11-26-10-14-29-16-12-27-21/h2-9,18H,10-17H2,1H3/q+1/b9-7-. The molecule has 31 heavy (non-hydrogen) atoms. The molecule has 0 aliphatic carbocycles. The van der Waals surface area contributed by atoms with Gasteiger partial charge in [0.15, 0.2) is 11.5 Å². The molecular formula is C24H28NO3S3+. The van der Waals surface area contributed by atoms with Crippen molar-refractivity contribution < 1.29 is 18.8 Å². The Balaban J connectivity index is 1.49. The lowest BCUT2D eigenvalue weighted by atomic mass is 10.2. The van der Waals surface area contributed by atoms with E-state index < -0.39 is 0 Å². The van der Waals surface area contributed by atoms with Crippen molar-refractivity contribution in [1.82, 2.24) is 0 Å². The molecule has 0 atom stereocenters. The zero-order valence-electron chi connectivity index (χ0n) is 17.7. The number of nitrogens with zero attached hydrogens (tertiary/aromatic N) is 1. The van der Waals surface area contributed by atoms with Crippen LogP contribution < -0.4 is 14.0 Å². The molecule has 0 bridgehead atoms. The van der Waals surface area contributed by atoms with Gasteiger partial charge in [-0.25, -0.2) is 0 Å². The number of thiazole rings is 1. The fourth-order valence-corrected chi connectivity index (χ4v) is 5.59. The Labute approximate surface area is 196 Å². The Bertz CT molecular complexity index is 1020. The van der Waals surface area contributed by atoms with Crippen LogP contribution in [0.1, 0.15) is 10.6 Å². The third-order valence-electron chi connectivity index (χ3n) is 4.87. The molecule has 1 aromatic heterocycles. The van der Waals surface area contributed by atoms with Crippen molar-refractivity contribution in [3.63, 3.8) is 0 Å². The third-order valence-corrected chi connectivity index (χ3v) is 7.88. The molecule has 0 radical (unpaired) electrons. The molecule has 0 N–H and O–H groups in total. The molecular weight excluding hydrogens is 446 g/mol. The number of aryl methyl sites for hydroxylation is 1. The smallest absolute Gasteiger partial charge is 0.262 e. The van der Waals surface area contributed by atoms with E-state index in [9.17, 15) is 0 Å². The van der Waals surface area contributed by atoms with Gasteiger partial charge in [0.25, 0.3) is 5.01 Å². The minimum atomic E-state index is 0.661. The fourth-order valence-electron chi connectivity index (χ4n) is 3.26. The highest BCUT2D eigenvalue weighted by molar-refractivity contribution is 7.99. The van der Waals surface area contributed by atoms with Crippen molar-refractivity contribution >= 4 is 57.2 Å². The van der Waals surface area contributed by atoms with E-state index in [4.69, 9.17) is 14.2 Å². The van der Waals surface area contributed by atoms with E-state index in [1.807, 2.05) is 29.6 Å². The van der Waals surface area contributed by atoms with Crippen molar-refractivity contribution in [3.8, 4) is 11.5 Å². The highest BCUT2D eigenvalue weighted by Gasteiger charge is 2.13. The summed E-state index contributed by atoms with van der Waals surface area (Å²) < 4.78 is 21.3. The number of fused-ring (bicyclic) bond motifs is 2. The summed E-state index contributed by atoms with van der Waals surface area (Å²) in [5.41, 5.74) is 2.36. The van der Waals surface area contributed by atoms with E-state index in [2.05, 4.69) is 60.2 Å². The first-order valence-corrected chi connectivity index (χ1v) is 13.6. The fraction of sp³-hybridized carbons (Fsp3) is 0.375. The van der Waals surface area contributed by atoms with Crippen molar-refractivity contribution in [3.05, 3.63) is 53.0 Å². The maximum absolute atomic E-state index is 6.10. The topological polar surface area (TPSA) is 31.6 Å². The van der Waals surface area contributed by atoms with Gasteiger partial charge in [0, 0.05) is 35.2 Å². The van der Waals surface area contributed by atoms with Crippen molar-refractivity contribution in [1.29, 1.82) is 0 Å². The van der Waals surface area contributed by atoms with Crippen LogP contribution in [0.15, 0.2) is 42.5 Å². The van der Waals surface area contributed by atoms with Crippen LogP contribution in [0.2, 0.25) is 0 Å². The molecule has 0 saturated carbocycles. The summed E-state index contributed by atoms with van der Waals surface area (Å²) in [6.07, 6.45) is 4.32. The Hall–Kier alpha value is -1.67. The van der Waals surface area contributed by atoms with Gasteiger partial charge >= 0.3 is 0 Å². The Morgan fingerprint density at radius 1 is 0.806 bits per heavy atom. The molecule has 1 aliphatic rings. The van der Waals surface area contributed by atoms with Gasteiger partial charge in [-0.2, -0.15) is 28.1 Å². The number of thioether (sulfide) groups is 2. The molecule has 4 nitrogen and oxygen atoms in total. The monoisotopic (exact) mass is 474 g/mol. The molecule has 2 heterocycles. The van der Waals surface area contributed by atoms with Gasteiger partial charge in [-0.15, -0.1) is 0 Å². The highest BCUT2D eigenvalue weighted by Crippen LogP contribution is 2.30. The summed E-state index contributed by atoms with van der Waals surface area (Å²) in [4.78, 5) is 0. The molecule has 0 fully saturated rings. The van der Waals surface area contributed by atoms with E-state index in [-0.39, 0.29) is 0 Å². The number of benzene rings is 2. The Morgan fingerprint density at radius 3 is 2.29 bits per heavy atom. The number of hydrogen-bond donors (Lipinski definition) is 0. The number of aromatic nitrogens is 1. The lowest BCUT2D eigenvalue weighted by Gasteiger charge is -2.13. The quantitative estimate of drug-likeness (QED) is 0.480. The second kappa shape index (κ2) is 11.8. The molecule has 7 heteroatoms. The molecule has 0 amide bonds. The van der Waals surface area contributed by atoms with Crippen LogP contribution in [0, 0.1) is 0 Å². The van der Waals surface area contributed by atoms with E-state index in [1.165, 1.54) is 15.2 Å². The second-order valence-electron chi connectivity index (χ2n) is 7.04. The maximum Gasteiger partial charge on any atom is 0.262 e. The zero-order chi connectivity index (χ0) is 21.3. The molecule has 1 aliphatic heterocycles. The maximum atomic E-state index is 6.10. The molecule has 2 aromatic carbocycles. The van der Waals surface area contributed by atoms with Crippen LogP contribution in [-0.4, -0.2) is 49.4 Å². The SMILES string of the molecule is C[n+]1c(/C=C\c2ccc3c(c2)OCCSCCOCCSCCO3)sc2ccccc21. The van der Waals surface area contributed by atoms with Crippen molar-refractivity contribution in [2.24, 2.45) is 7.05 Å². The zero-order valence-corrected chi connectivity index (χ0v) is 20.2. The number of para-hydroxylation sites is 1. The van der Waals surface area contributed by atoms with Gasteiger partial charge < -0.3 is 14.2 Å². The third kappa shape index (κ3) is 6.42. The molecule has 164 valence electrons. The molecule has 3 aromatic rings. The molecule has 0 saturated heterocycles. The van der Waals surface area contributed by atoms with Gasteiger partial charge in [-0.3, -0.25) is 0 Å². The van der Waals surface area contributed by atoms with E-state index in [1.54, 1.807) is 11.3 Å². The first-order valence-electron chi connectivity index (χ1n) is 10.5. The normalized spacial score (nSPS) is 16.8. The van der Waals surface area contributed by atoms with Crippen LogP contribution in [0.4, 0.5) is 0 Å². The number of hydrogen-bond acceptors (Lipinski definition) is 6. The average Bonchev–Trinajstić information content (AvgIpc) is 3.11. The van der Waals surface area contributed by atoms with Gasteiger partial charge in [0.05, 0.1) is 26.4 Å². The van der Waals surface area contributed by atoms with Gasteiger partial charge in [0.1, 0.15) is 11.7 Å². The van der Waals surface area contributed by atoms with Crippen molar-refractivity contribution in [2.75, 3.05) is 49.4 Å². The molecule has 0 spiro atoms. The molecule has 0 unspecified atom stereocenters. The largest absolute Gasteiger partial charge is 0.489 e. The number of rotatable bonds is 2. The van der Waals surface area contributed by atoms with Gasteiger partial charge in [0.2, 0.25) is 5.52 Å². The van der Waals surface area contributed by atoms with E-state index >= 15 is 0 Å². The average molecular weight is 475 g/mol. The first kappa shape index (κ1) is 22.5. The van der Waals surface area contributed by atoms with Crippen LogP contribution in [0.25, 0.3) is 22.4 Å². The lowest BCUT2D eigenvalue weighted by Crippen LogP contribution is -2.28. The van der Waals surface area contributed by atoms with Crippen LogP contribution in [-0.2, 0) is 11.8 Å². The summed E-state index contributed by atoms with van der Waals surface area (Å²) in [6.45, 7) is 2.95. The first-order chi connectivity index (χ1) is 15.3. The van der Waals surface area contributed by atoms with Gasteiger partial charge in [-0.05, 0) is 29.8 Å². The summed E-state index contributed by atoms with van der Waals surface area (Å²) in [7, 11) is 2.11. The van der Waals surface area contributed by atoms with Crippen molar-refractivity contribution in [2.45, 2.75) is 0 Å². The predicted molar refractivity (Wildman–Crippen MR) is 135 cm³/mol. The lowest BCUT2D eigenvalue weighted by molar-refractivity contribution is -0.642. The predicted octanol–water partition coefficient (Wildman–Crippen LogP) is 5.15. The molecule has 4 rings (SSSR count). The second-order valence-corrected chi connectivity index (χ2v) is 10.6. The number of ether oxygens (including phenoxy) is 3. The summed E-state index contributed by atoms with van der Waals surface area (Å²) in [6, 6.07) is 14.7. The van der Waals surface area contributed by atoms with Crippen LogP contribution in [0.3, 0.4) is 0 Å².